The van der Waals surface area contributed by atoms with Gasteiger partial charge in [0.05, 0.1) is 18.4 Å². The Labute approximate surface area is 199 Å². The van der Waals surface area contributed by atoms with Gasteiger partial charge >= 0.3 is 6.18 Å². The highest BCUT2D eigenvalue weighted by Gasteiger charge is 2.29. The number of alkyl halides is 3. The van der Waals surface area contributed by atoms with Gasteiger partial charge in [-0.1, -0.05) is 36.4 Å². The first-order chi connectivity index (χ1) is 16.9. The molecule has 0 unspecified atom stereocenters. The molecule has 2 aromatic carbocycles. The first-order valence-electron chi connectivity index (χ1n) is 10.6. The van der Waals surface area contributed by atoms with E-state index in [1.54, 1.807) is 41.2 Å². The van der Waals surface area contributed by atoms with Gasteiger partial charge in [0.2, 0.25) is 5.88 Å². The molecule has 4 rings (SSSR count). The Bertz CT molecular complexity index is 1310. The van der Waals surface area contributed by atoms with Gasteiger partial charge in [-0.2, -0.15) is 18.3 Å². The number of para-hydroxylation sites is 2. The molecule has 0 spiro atoms. The lowest BCUT2D eigenvalue weighted by Gasteiger charge is -2.12. The molecule has 0 aliphatic heterocycles. The number of aromatic nitrogens is 3. The van der Waals surface area contributed by atoms with Crippen LogP contribution in [0.3, 0.4) is 0 Å². The number of hydrogen-bond donors (Lipinski definition) is 1. The second-order valence-electron chi connectivity index (χ2n) is 7.43. The van der Waals surface area contributed by atoms with Crippen LogP contribution in [0.5, 0.6) is 11.6 Å². The van der Waals surface area contributed by atoms with Crippen LogP contribution in [0.1, 0.15) is 15.9 Å². The molecular formula is C25H21F3N4O3. The first kappa shape index (κ1) is 23.8. The Morgan fingerprint density at radius 2 is 1.77 bits per heavy atom. The molecule has 10 heteroatoms. The van der Waals surface area contributed by atoms with Crippen molar-refractivity contribution in [2.75, 3.05) is 13.7 Å². The summed E-state index contributed by atoms with van der Waals surface area (Å²) in [5, 5.41) is 7.35. The number of methoxy groups -OCH3 is 1. The van der Waals surface area contributed by atoms with E-state index in [2.05, 4.69) is 15.4 Å². The highest BCUT2D eigenvalue weighted by atomic mass is 19.4. The zero-order valence-electron chi connectivity index (χ0n) is 18.6. The number of rotatable bonds is 8. The number of carbonyl (C=O) groups excluding carboxylic acids is 1. The van der Waals surface area contributed by atoms with Gasteiger partial charge in [0.25, 0.3) is 5.91 Å². The zero-order chi connectivity index (χ0) is 24.8. The van der Waals surface area contributed by atoms with Gasteiger partial charge in [0.15, 0.2) is 6.61 Å². The minimum absolute atomic E-state index is 0.0955. The summed E-state index contributed by atoms with van der Waals surface area (Å²) >= 11 is 0. The van der Waals surface area contributed by atoms with Gasteiger partial charge in [0.1, 0.15) is 11.4 Å². The second kappa shape index (κ2) is 10.3. The SMILES string of the molecule is COc1ccccc1-c1nn(-c2ccccc2)cc1C(=O)NCc1cccnc1OCC(F)(F)F. The number of hydrogen-bond acceptors (Lipinski definition) is 5. The second-order valence-corrected chi connectivity index (χ2v) is 7.43. The summed E-state index contributed by atoms with van der Waals surface area (Å²) < 4.78 is 49.6. The van der Waals surface area contributed by atoms with Crippen molar-refractivity contribution in [2.24, 2.45) is 0 Å². The molecule has 2 heterocycles. The fraction of sp³-hybridized carbons (Fsp3) is 0.160. The molecule has 0 radical (unpaired) electrons. The number of nitrogens with one attached hydrogen (secondary N) is 1. The fourth-order valence-corrected chi connectivity index (χ4v) is 3.40. The lowest BCUT2D eigenvalue weighted by atomic mass is 10.1. The Kier molecular flexibility index (Phi) is 7.00. The summed E-state index contributed by atoms with van der Waals surface area (Å²) in [6, 6.07) is 19.5. The van der Waals surface area contributed by atoms with E-state index in [9.17, 15) is 18.0 Å². The Hall–Kier alpha value is -4.34. The van der Waals surface area contributed by atoms with E-state index < -0.39 is 18.7 Å². The summed E-state index contributed by atoms with van der Waals surface area (Å²) in [4.78, 5) is 17.1. The largest absolute Gasteiger partial charge is 0.496 e. The Morgan fingerprint density at radius 3 is 2.51 bits per heavy atom. The van der Waals surface area contributed by atoms with E-state index in [1.165, 1.54) is 19.4 Å². The summed E-state index contributed by atoms with van der Waals surface area (Å²) in [6.45, 7) is -1.57. The summed E-state index contributed by atoms with van der Waals surface area (Å²) in [7, 11) is 1.53. The molecule has 2 aromatic heterocycles. The molecule has 180 valence electrons. The van der Waals surface area contributed by atoms with Crippen molar-refractivity contribution in [3.8, 4) is 28.6 Å². The van der Waals surface area contributed by atoms with Crippen LogP contribution in [-0.2, 0) is 6.54 Å². The van der Waals surface area contributed by atoms with E-state index in [0.29, 0.717) is 22.6 Å². The normalized spacial score (nSPS) is 11.2. The minimum Gasteiger partial charge on any atom is -0.496 e. The summed E-state index contributed by atoms with van der Waals surface area (Å²) in [5.41, 5.74) is 2.33. The third-order valence-corrected chi connectivity index (χ3v) is 5.00. The standard InChI is InChI=1S/C25H21F3N4O3/c1-34-21-12-6-5-11-19(21)22-20(15-32(31-22)18-9-3-2-4-10-18)23(33)30-14-17-8-7-13-29-24(17)35-16-25(26,27)28/h2-13,15H,14,16H2,1H3,(H,30,33). The first-order valence-corrected chi connectivity index (χ1v) is 10.6. The van der Waals surface area contributed by atoms with Gasteiger partial charge in [0, 0.05) is 30.1 Å². The highest BCUT2D eigenvalue weighted by molar-refractivity contribution is 6.00. The number of pyridine rings is 1. The maximum absolute atomic E-state index is 13.2. The van der Waals surface area contributed by atoms with Gasteiger partial charge in [-0.25, -0.2) is 9.67 Å². The summed E-state index contributed by atoms with van der Waals surface area (Å²) in [5.74, 6) is -0.135. The molecule has 35 heavy (non-hydrogen) atoms. The van der Waals surface area contributed by atoms with Crippen LogP contribution in [0.15, 0.2) is 79.1 Å². The molecule has 7 nitrogen and oxygen atoms in total. The smallest absolute Gasteiger partial charge is 0.422 e. The molecule has 0 saturated carbocycles. The highest BCUT2D eigenvalue weighted by Crippen LogP contribution is 2.32. The lowest BCUT2D eigenvalue weighted by Crippen LogP contribution is -2.24. The summed E-state index contributed by atoms with van der Waals surface area (Å²) in [6.07, 6.45) is -1.59. The number of benzene rings is 2. The van der Waals surface area contributed by atoms with E-state index >= 15 is 0 Å². The van der Waals surface area contributed by atoms with Crippen LogP contribution < -0.4 is 14.8 Å². The zero-order valence-corrected chi connectivity index (χ0v) is 18.6. The maximum Gasteiger partial charge on any atom is 0.422 e. The number of carbonyl (C=O) groups is 1. The van der Waals surface area contributed by atoms with Gasteiger partial charge in [-0.05, 0) is 30.3 Å². The van der Waals surface area contributed by atoms with Crippen molar-refractivity contribution < 1.29 is 27.4 Å². The van der Waals surface area contributed by atoms with Crippen LogP contribution in [-0.4, -0.2) is 40.6 Å². The predicted octanol–water partition coefficient (Wildman–Crippen LogP) is 4.81. The Balaban J connectivity index is 1.63. The van der Waals surface area contributed by atoms with Crippen molar-refractivity contribution in [3.63, 3.8) is 0 Å². The number of nitrogens with zero attached hydrogens (tertiary/aromatic N) is 3. The molecule has 0 saturated heterocycles. The van der Waals surface area contributed by atoms with Gasteiger partial charge < -0.3 is 14.8 Å². The third-order valence-electron chi connectivity index (χ3n) is 5.00. The van der Waals surface area contributed by atoms with Crippen molar-refractivity contribution in [1.82, 2.24) is 20.1 Å². The number of amides is 1. The molecular weight excluding hydrogens is 461 g/mol. The van der Waals surface area contributed by atoms with Crippen molar-refractivity contribution in [1.29, 1.82) is 0 Å². The minimum atomic E-state index is -4.51. The topological polar surface area (TPSA) is 78.3 Å². The molecule has 0 aliphatic carbocycles. The van der Waals surface area contributed by atoms with Gasteiger partial charge in [-0.15, -0.1) is 0 Å². The molecule has 0 fully saturated rings. The molecule has 0 atom stereocenters. The molecule has 1 amide bonds. The van der Waals surface area contributed by atoms with Crippen molar-refractivity contribution in [3.05, 3.63) is 90.3 Å². The molecule has 0 bridgehead atoms. The van der Waals surface area contributed by atoms with E-state index in [4.69, 9.17) is 9.47 Å². The third kappa shape index (κ3) is 5.78. The predicted molar refractivity (Wildman–Crippen MR) is 123 cm³/mol. The average molecular weight is 482 g/mol. The van der Waals surface area contributed by atoms with Crippen LogP contribution in [0.25, 0.3) is 16.9 Å². The van der Waals surface area contributed by atoms with E-state index in [-0.39, 0.29) is 18.0 Å². The van der Waals surface area contributed by atoms with Gasteiger partial charge in [-0.3, -0.25) is 4.79 Å². The molecule has 1 N–H and O–H groups in total. The number of halogens is 3. The van der Waals surface area contributed by atoms with E-state index in [0.717, 1.165) is 5.69 Å². The lowest BCUT2D eigenvalue weighted by molar-refractivity contribution is -0.154. The monoisotopic (exact) mass is 482 g/mol. The average Bonchev–Trinajstić information content (AvgIpc) is 3.32. The fourth-order valence-electron chi connectivity index (χ4n) is 3.40. The maximum atomic E-state index is 13.2. The number of ether oxygens (including phenoxy) is 2. The van der Waals surface area contributed by atoms with Crippen LogP contribution in [0.4, 0.5) is 13.2 Å². The quantitative estimate of drug-likeness (QED) is 0.390. The van der Waals surface area contributed by atoms with Crippen molar-refractivity contribution >= 4 is 5.91 Å². The van der Waals surface area contributed by atoms with Crippen molar-refractivity contribution in [2.45, 2.75) is 12.7 Å². The van der Waals surface area contributed by atoms with E-state index in [1.807, 2.05) is 30.3 Å². The van der Waals surface area contributed by atoms with Crippen LogP contribution >= 0.6 is 0 Å². The van der Waals surface area contributed by atoms with Crippen LogP contribution in [0.2, 0.25) is 0 Å². The van der Waals surface area contributed by atoms with Crippen LogP contribution in [0, 0.1) is 0 Å². The molecule has 0 aliphatic rings. The Morgan fingerprint density at radius 1 is 1.03 bits per heavy atom. The molecule has 4 aromatic rings.